The summed E-state index contributed by atoms with van der Waals surface area (Å²) in [5, 5.41) is 3.40. The molecule has 1 amide bonds. The molecule has 14 heavy (non-hydrogen) atoms. The number of carbonyl (C=O) groups is 1. The van der Waals surface area contributed by atoms with E-state index in [2.05, 4.69) is 5.32 Å². The van der Waals surface area contributed by atoms with Crippen molar-refractivity contribution in [1.29, 1.82) is 0 Å². The molecule has 1 aromatic rings. The molecule has 0 saturated heterocycles. The van der Waals surface area contributed by atoms with Crippen molar-refractivity contribution < 1.29 is 4.79 Å². The standard InChI is InChI=1S/C9H12ClN3O/c1-13-4-5(10)2-8(13)9(14)12-7-3-6(7)11/h2,4,6-7H,3,11H2,1H3,(H,12,14). The molecule has 76 valence electrons. The van der Waals surface area contributed by atoms with Crippen LogP contribution in [0, 0.1) is 0 Å². The van der Waals surface area contributed by atoms with Crippen molar-refractivity contribution in [3.63, 3.8) is 0 Å². The predicted molar refractivity (Wildman–Crippen MR) is 54.3 cm³/mol. The molecule has 2 atom stereocenters. The Morgan fingerprint density at radius 3 is 2.86 bits per heavy atom. The molecule has 4 nitrogen and oxygen atoms in total. The fourth-order valence-electron chi connectivity index (χ4n) is 1.37. The average molecular weight is 214 g/mol. The molecule has 0 spiro atoms. The minimum Gasteiger partial charge on any atom is -0.346 e. The van der Waals surface area contributed by atoms with Crippen LogP contribution in [0.4, 0.5) is 0 Å². The van der Waals surface area contributed by atoms with E-state index in [1.54, 1.807) is 23.9 Å². The molecule has 1 aliphatic rings. The summed E-state index contributed by atoms with van der Waals surface area (Å²) in [5.74, 6) is -0.114. The van der Waals surface area contributed by atoms with E-state index < -0.39 is 0 Å². The van der Waals surface area contributed by atoms with Gasteiger partial charge in [0.25, 0.3) is 5.91 Å². The highest BCUT2D eigenvalue weighted by molar-refractivity contribution is 6.31. The van der Waals surface area contributed by atoms with Crippen LogP contribution in [0.3, 0.4) is 0 Å². The van der Waals surface area contributed by atoms with Crippen LogP contribution in [0.15, 0.2) is 12.3 Å². The van der Waals surface area contributed by atoms with Crippen LogP contribution in [0.5, 0.6) is 0 Å². The zero-order valence-corrected chi connectivity index (χ0v) is 8.58. The van der Waals surface area contributed by atoms with Gasteiger partial charge in [0, 0.05) is 25.3 Å². The summed E-state index contributed by atoms with van der Waals surface area (Å²) >= 11 is 5.77. The number of nitrogens with zero attached hydrogens (tertiary/aromatic N) is 1. The van der Waals surface area contributed by atoms with Gasteiger partial charge in [-0.3, -0.25) is 4.79 Å². The maximum absolute atomic E-state index is 11.6. The first-order valence-electron chi connectivity index (χ1n) is 4.46. The third-order valence-corrected chi connectivity index (χ3v) is 2.57. The maximum atomic E-state index is 11.6. The lowest BCUT2D eigenvalue weighted by molar-refractivity contribution is 0.0942. The topological polar surface area (TPSA) is 60.0 Å². The Bertz CT molecular complexity index is 374. The van der Waals surface area contributed by atoms with E-state index in [-0.39, 0.29) is 18.0 Å². The third-order valence-electron chi connectivity index (χ3n) is 2.36. The summed E-state index contributed by atoms with van der Waals surface area (Å²) in [5.41, 5.74) is 6.15. The van der Waals surface area contributed by atoms with E-state index in [9.17, 15) is 4.79 Å². The van der Waals surface area contributed by atoms with Crippen LogP contribution in [0.2, 0.25) is 5.02 Å². The fraction of sp³-hybridized carbons (Fsp3) is 0.444. The number of nitrogens with one attached hydrogen (secondary N) is 1. The quantitative estimate of drug-likeness (QED) is 0.752. The number of rotatable bonds is 2. The van der Waals surface area contributed by atoms with Gasteiger partial charge in [0.05, 0.1) is 5.02 Å². The van der Waals surface area contributed by atoms with Gasteiger partial charge in [0.1, 0.15) is 5.69 Å². The molecule has 2 unspecified atom stereocenters. The van der Waals surface area contributed by atoms with Crippen LogP contribution in [-0.4, -0.2) is 22.6 Å². The molecule has 0 aromatic carbocycles. The first-order valence-corrected chi connectivity index (χ1v) is 4.84. The number of hydrogen-bond donors (Lipinski definition) is 2. The van der Waals surface area contributed by atoms with Crippen LogP contribution in [0.1, 0.15) is 16.9 Å². The number of carbonyl (C=O) groups excluding carboxylic acids is 1. The first kappa shape index (κ1) is 9.55. The van der Waals surface area contributed by atoms with Gasteiger partial charge >= 0.3 is 0 Å². The highest BCUT2D eigenvalue weighted by atomic mass is 35.5. The lowest BCUT2D eigenvalue weighted by atomic mass is 10.4. The molecule has 1 saturated carbocycles. The molecule has 0 radical (unpaired) electrons. The van der Waals surface area contributed by atoms with Gasteiger partial charge in [-0.05, 0) is 12.5 Å². The monoisotopic (exact) mass is 213 g/mol. The molecule has 0 bridgehead atoms. The average Bonchev–Trinajstić information content (AvgIpc) is 2.64. The Morgan fingerprint density at radius 1 is 1.79 bits per heavy atom. The van der Waals surface area contributed by atoms with Gasteiger partial charge in [0.2, 0.25) is 0 Å². The van der Waals surface area contributed by atoms with Gasteiger partial charge in [-0.2, -0.15) is 0 Å². The molecule has 3 N–H and O–H groups in total. The van der Waals surface area contributed by atoms with Gasteiger partial charge in [-0.25, -0.2) is 0 Å². The van der Waals surface area contributed by atoms with Crippen molar-refractivity contribution in [3.05, 3.63) is 23.0 Å². The second kappa shape index (κ2) is 3.29. The van der Waals surface area contributed by atoms with E-state index in [1.165, 1.54) is 0 Å². The minimum atomic E-state index is -0.114. The van der Waals surface area contributed by atoms with Gasteiger partial charge in [0.15, 0.2) is 0 Å². The van der Waals surface area contributed by atoms with Gasteiger partial charge < -0.3 is 15.6 Å². The van der Waals surface area contributed by atoms with Crippen molar-refractivity contribution in [2.24, 2.45) is 12.8 Å². The van der Waals surface area contributed by atoms with Crippen molar-refractivity contribution >= 4 is 17.5 Å². The molecule has 1 aliphatic carbocycles. The van der Waals surface area contributed by atoms with Crippen LogP contribution in [-0.2, 0) is 7.05 Å². The normalized spacial score (nSPS) is 24.8. The summed E-state index contributed by atoms with van der Waals surface area (Å²) in [4.78, 5) is 11.6. The smallest absolute Gasteiger partial charge is 0.268 e. The number of amides is 1. The second-order valence-electron chi connectivity index (χ2n) is 3.63. The van der Waals surface area contributed by atoms with Crippen LogP contribution in [0.25, 0.3) is 0 Å². The molecular formula is C9H12ClN3O. The molecule has 5 heteroatoms. The second-order valence-corrected chi connectivity index (χ2v) is 4.07. The zero-order valence-electron chi connectivity index (χ0n) is 7.83. The number of hydrogen-bond acceptors (Lipinski definition) is 2. The number of nitrogens with two attached hydrogens (primary N) is 1. The van der Waals surface area contributed by atoms with Crippen LogP contribution >= 0.6 is 11.6 Å². The molecule has 0 aliphatic heterocycles. The molecule has 1 aromatic heterocycles. The summed E-state index contributed by atoms with van der Waals surface area (Å²) in [6, 6.07) is 1.90. The zero-order chi connectivity index (χ0) is 10.3. The van der Waals surface area contributed by atoms with Gasteiger partial charge in [-0.15, -0.1) is 0 Å². The highest BCUT2D eigenvalue weighted by Crippen LogP contribution is 2.19. The lowest BCUT2D eigenvalue weighted by Crippen LogP contribution is -2.30. The number of halogens is 1. The molecular weight excluding hydrogens is 202 g/mol. The minimum absolute atomic E-state index is 0.114. The van der Waals surface area contributed by atoms with Crippen molar-refractivity contribution in [2.45, 2.75) is 18.5 Å². The SMILES string of the molecule is Cn1cc(Cl)cc1C(=O)NC1CC1N. The molecule has 2 rings (SSSR count). The summed E-state index contributed by atoms with van der Waals surface area (Å²) in [6.07, 6.45) is 2.56. The Labute approximate surface area is 87.0 Å². The lowest BCUT2D eigenvalue weighted by Gasteiger charge is -2.03. The van der Waals surface area contributed by atoms with Crippen molar-refractivity contribution in [2.75, 3.05) is 0 Å². The highest BCUT2D eigenvalue weighted by Gasteiger charge is 2.35. The van der Waals surface area contributed by atoms with Gasteiger partial charge in [-0.1, -0.05) is 11.6 Å². The Balaban J connectivity index is 2.07. The number of aryl methyl sites for hydroxylation is 1. The summed E-state index contributed by atoms with van der Waals surface area (Å²) in [7, 11) is 1.79. The van der Waals surface area contributed by atoms with E-state index >= 15 is 0 Å². The van der Waals surface area contributed by atoms with Crippen molar-refractivity contribution in [3.8, 4) is 0 Å². The maximum Gasteiger partial charge on any atom is 0.268 e. The fourth-order valence-corrected chi connectivity index (χ4v) is 1.62. The van der Waals surface area contributed by atoms with Crippen molar-refractivity contribution in [1.82, 2.24) is 9.88 Å². The van der Waals surface area contributed by atoms with E-state index in [1.807, 2.05) is 0 Å². The first-order chi connectivity index (χ1) is 6.58. The summed E-state index contributed by atoms with van der Waals surface area (Å²) in [6.45, 7) is 0. The van der Waals surface area contributed by atoms with Crippen LogP contribution < -0.4 is 11.1 Å². The van der Waals surface area contributed by atoms with E-state index in [0.717, 1.165) is 6.42 Å². The Kier molecular flexibility index (Phi) is 2.25. The predicted octanol–water partition coefficient (Wildman–Crippen LogP) is 0.508. The Morgan fingerprint density at radius 2 is 2.43 bits per heavy atom. The Hall–Kier alpha value is -1.00. The summed E-state index contributed by atoms with van der Waals surface area (Å²) < 4.78 is 1.70. The largest absolute Gasteiger partial charge is 0.346 e. The van der Waals surface area contributed by atoms with E-state index in [0.29, 0.717) is 10.7 Å². The third kappa shape index (κ3) is 1.76. The molecule has 1 fully saturated rings. The van der Waals surface area contributed by atoms with E-state index in [4.69, 9.17) is 17.3 Å². The molecule has 1 heterocycles. The number of aromatic nitrogens is 1.